The summed E-state index contributed by atoms with van der Waals surface area (Å²) in [5, 5.41) is 16.1. The van der Waals surface area contributed by atoms with Gasteiger partial charge in [-0.1, -0.05) is 57.2 Å². The highest BCUT2D eigenvalue weighted by Gasteiger charge is 2.52. The van der Waals surface area contributed by atoms with Crippen molar-refractivity contribution in [3.05, 3.63) is 65.2 Å². The molecule has 0 aromatic heterocycles. The van der Waals surface area contributed by atoms with Crippen LogP contribution in [-0.2, 0) is 16.1 Å². The van der Waals surface area contributed by atoms with Gasteiger partial charge in [-0.15, -0.1) is 0 Å². The Balaban J connectivity index is 0.957. The molecule has 5 aliphatic carbocycles. The minimum atomic E-state index is -0.495. The molecule has 7 aliphatic rings. The highest BCUT2D eigenvalue weighted by atomic mass is 16.7. The third kappa shape index (κ3) is 6.25. The molecule has 7 fully saturated rings. The third-order valence-corrected chi connectivity index (χ3v) is 12.4. The number of hydrogen-bond acceptors (Lipinski definition) is 5. The Morgan fingerprint density at radius 2 is 1.50 bits per heavy atom. The zero-order valence-electron chi connectivity index (χ0n) is 28.0. The average Bonchev–Trinajstić information content (AvgIpc) is 3.23. The van der Waals surface area contributed by atoms with E-state index >= 15 is 0 Å². The molecule has 7 nitrogen and oxygen atoms in total. The molecule has 2 amide bonds. The van der Waals surface area contributed by atoms with E-state index in [0.29, 0.717) is 16.9 Å². The molecule has 3 N–H and O–H groups in total. The summed E-state index contributed by atoms with van der Waals surface area (Å²) in [6.07, 6.45) is 11.5. The van der Waals surface area contributed by atoms with Gasteiger partial charge in [-0.3, -0.25) is 4.90 Å². The van der Waals surface area contributed by atoms with Crippen LogP contribution in [0.3, 0.4) is 0 Å². The monoisotopic (exact) mass is 627 g/mol. The van der Waals surface area contributed by atoms with E-state index in [1.807, 2.05) is 36.4 Å². The average molecular weight is 628 g/mol. The fourth-order valence-electron chi connectivity index (χ4n) is 11.5. The molecule has 9 rings (SSSR count). The van der Waals surface area contributed by atoms with Crippen LogP contribution in [0.2, 0.25) is 0 Å². The Morgan fingerprint density at radius 1 is 0.848 bits per heavy atom. The van der Waals surface area contributed by atoms with Crippen molar-refractivity contribution in [3.8, 4) is 0 Å². The van der Waals surface area contributed by atoms with Gasteiger partial charge in [-0.25, -0.2) is 4.79 Å². The number of aliphatic hydroxyl groups excluding tert-OH is 1. The van der Waals surface area contributed by atoms with E-state index in [9.17, 15) is 9.90 Å². The first kappa shape index (κ1) is 30.9. The summed E-state index contributed by atoms with van der Waals surface area (Å²) in [7, 11) is 0. The van der Waals surface area contributed by atoms with Crippen LogP contribution in [0.15, 0.2) is 48.5 Å². The summed E-state index contributed by atoms with van der Waals surface area (Å²) in [6.45, 7) is 9.41. The number of likely N-dealkylation sites (tertiary alicyclic amines) is 1. The first-order valence-electron chi connectivity index (χ1n) is 18.0. The number of fused-ring (bicyclic) bond motifs is 2. The van der Waals surface area contributed by atoms with Crippen molar-refractivity contribution in [2.45, 2.75) is 122 Å². The van der Waals surface area contributed by atoms with Gasteiger partial charge < -0.3 is 25.2 Å². The lowest BCUT2D eigenvalue weighted by Crippen LogP contribution is -2.60. The summed E-state index contributed by atoms with van der Waals surface area (Å²) in [5.74, 6) is 2.38. The predicted octanol–water partition coefficient (Wildman–Crippen LogP) is 7.72. The Bertz CT molecular complexity index is 1390. The number of carbonyl (C=O) groups is 1. The van der Waals surface area contributed by atoms with Gasteiger partial charge in [0.25, 0.3) is 0 Å². The molecule has 5 unspecified atom stereocenters. The zero-order chi connectivity index (χ0) is 31.7. The van der Waals surface area contributed by atoms with E-state index in [4.69, 9.17) is 9.47 Å². The van der Waals surface area contributed by atoms with Gasteiger partial charge >= 0.3 is 6.03 Å². The number of amides is 2. The molecule has 0 spiro atoms. The lowest BCUT2D eigenvalue weighted by molar-refractivity contribution is -0.253. The molecule has 7 heteroatoms. The van der Waals surface area contributed by atoms with Gasteiger partial charge in [0.2, 0.25) is 0 Å². The highest BCUT2D eigenvalue weighted by Crippen LogP contribution is 2.56. The minimum absolute atomic E-state index is 0.0109. The van der Waals surface area contributed by atoms with Gasteiger partial charge in [0.05, 0.1) is 18.8 Å². The number of nitrogens with zero attached hydrogens (tertiary/aromatic N) is 1. The molecule has 46 heavy (non-hydrogen) atoms. The predicted molar refractivity (Wildman–Crippen MR) is 179 cm³/mol. The van der Waals surface area contributed by atoms with Crippen LogP contribution in [0.5, 0.6) is 0 Å². The number of anilines is 1. The first-order chi connectivity index (χ1) is 22.0. The van der Waals surface area contributed by atoms with Crippen LogP contribution in [0, 0.1) is 28.6 Å². The van der Waals surface area contributed by atoms with Crippen molar-refractivity contribution in [1.29, 1.82) is 0 Å². The molecule has 5 atom stereocenters. The number of hydrogen-bond donors (Lipinski definition) is 3. The van der Waals surface area contributed by atoms with Gasteiger partial charge in [0.15, 0.2) is 6.29 Å². The number of carbonyl (C=O) groups excluding carboxylic acids is 1. The first-order valence-corrected chi connectivity index (χ1v) is 18.0. The summed E-state index contributed by atoms with van der Waals surface area (Å²) in [6, 6.07) is 16.7. The minimum Gasteiger partial charge on any atom is -0.392 e. The topological polar surface area (TPSA) is 83.1 Å². The quantitative estimate of drug-likeness (QED) is 0.293. The largest absolute Gasteiger partial charge is 0.392 e. The molecule has 2 aromatic carbocycles. The summed E-state index contributed by atoms with van der Waals surface area (Å²) < 4.78 is 13.4. The van der Waals surface area contributed by atoms with Crippen molar-refractivity contribution < 1.29 is 19.4 Å². The Kier molecular flexibility index (Phi) is 7.79. The summed E-state index contributed by atoms with van der Waals surface area (Å²) in [4.78, 5) is 15.9. The number of nitrogens with one attached hydrogen (secondary N) is 2. The second-order valence-electron chi connectivity index (χ2n) is 17.4. The zero-order valence-corrected chi connectivity index (χ0v) is 28.0. The van der Waals surface area contributed by atoms with E-state index in [-0.39, 0.29) is 30.4 Å². The molecule has 2 aromatic rings. The summed E-state index contributed by atoms with van der Waals surface area (Å²) in [5.41, 5.74) is 4.51. The van der Waals surface area contributed by atoms with Crippen LogP contribution in [0.1, 0.15) is 114 Å². The number of benzene rings is 2. The molecular weight excluding hydrogens is 574 g/mol. The number of rotatable bonds is 7. The van der Waals surface area contributed by atoms with Crippen molar-refractivity contribution in [3.63, 3.8) is 0 Å². The fraction of sp³-hybridized carbons (Fsp3) is 0.667. The Morgan fingerprint density at radius 3 is 2.15 bits per heavy atom. The van der Waals surface area contributed by atoms with Crippen LogP contribution in [-0.4, -0.2) is 46.8 Å². The molecule has 6 bridgehead atoms. The van der Waals surface area contributed by atoms with Gasteiger partial charge in [0.1, 0.15) is 0 Å². The second-order valence-corrected chi connectivity index (χ2v) is 17.4. The molecule has 0 radical (unpaired) electrons. The Labute approximate surface area is 274 Å². The molecular formula is C39H53N3O4. The molecule has 248 valence electrons. The van der Waals surface area contributed by atoms with E-state index in [2.05, 4.69) is 48.4 Å². The fourth-order valence-corrected chi connectivity index (χ4v) is 11.5. The van der Waals surface area contributed by atoms with Crippen molar-refractivity contribution >= 4 is 11.7 Å². The van der Waals surface area contributed by atoms with Crippen LogP contribution < -0.4 is 10.6 Å². The van der Waals surface area contributed by atoms with Crippen LogP contribution in [0.25, 0.3) is 0 Å². The lowest BCUT2D eigenvalue weighted by Gasteiger charge is -2.56. The highest BCUT2D eigenvalue weighted by molar-refractivity contribution is 5.89. The van der Waals surface area contributed by atoms with E-state index in [1.54, 1.807) is 0 Å². The molecule has 2 aliphatic heterocycles. The van der Waals surface area contributed by atoms with Gasteiger partial charge in [0, 0.05) is 42.3 Å². The normalized spacial score (nSPS) is 39.3. The van der Waals surface area contributed by atoms with E-state index in [1.165, 1.54) is 38.5 Å². The molecule has 2 heterocycles. The van der Waals surface area contributed by atoms with Crippen LogP contribution >= 0.6 is 0 Å². The van der Waals surface area contributed by atoms with Crippen molar-refractivity contribution in [2.24, 2.45) is 28.6 Å². The van der Waals surface area contributed by atoms with Gasteiger partial charge in [-0.2, -0.15) is 0 Å². The third-order valence-electron chi connectivity index (χ3n) is 12.4. The van der Waals surface area contributed by atoms with E-state index in [0.717, 1.165) is 78.9 Å². The smallest absolute Gasteiger partial charge is 0.319 e. The maximum Gasteiger partial charge on any atom is 0.319 e. The van der Waals surface area contributed by atoms with Crippen molar-refractivity contribution in [2.75, 3.05) is 18.4 Å². The second kappa shape index (κ2) is 11.6. The van der Waals surface area contributed by atoms with E-state index < -0.39 is 6.29 Å². The molecule has 5 saturated carbocycles. The van der Waals surface area contributed by atoms with Crippen LogP contribution in [0.4, 0.5) is 10.5 Å². The number of ether oxygens (including phenoxy) is 2. The van der Waals surface area contributed by atoms with Gasteiger partial charge in [-0.05, 0) is 110 Å². The SMILES string of the molecule is CC1(C)CC2CC(C)(CN2CC2CC(c3ccc(CO)cc3)OC(c3ccc(NC(=O)NC45CC6CC(CC(C6)C4)C5)cc3)O2)C1. The maximum atomic E-state index is 13.2. The number of aliphatic hydroxyl groups is 1. The standard InChI is InChI=1S/C39H53N3O4/c1-37(2)19-32-20-38(3,23-37)24-42(32)21-33-15-34(29-6-4-25(22-43)5-7-29)46-35(45-33)30-8-10-31(11-9-30)40-36(44)41-39-16-26-12-27(17-39)14-28(13-26)18-39/h4-11,26-28,32-35,43H,12-24H2,1-3H3,(H2,40,41,44). The number of urea groups is 1. The molecule has 2 saturated heterocycles. The maximum absolute atomic E-state index is 13.2. The van der Waals surface area contributed by atoms with Crippen molar-refractivity contribution in [1.82, 2.24) is 10.2 Å². The lowest BCUT2D eigenvalue weighted by atomic mass is 9.53. The summed E-state index contributed by atoms with van der Waals surface area (Å²) >= 11 is 0. The Hall–Kier alpha value is -2.45.